The van der Waals surface area contributed by atoms with Crippen LogP contribution in [0.2, 0.25) is 0 Å². The van der Waals surface area contributed by atoms with E-state index in [0.29, 0.717) is 12.3 Å². The Balaban J connectivity index is 1.99. The van der Waals surface area contributed by atoms with Crippen molar-refractivity contribution < 1.29 is 14.6 Å². The maximum absolute atomic E-state index is 10.5. The summed E-state index contributed by atoms with van der Waals surface area (Å²) in [5, 5.41) is 10.5. The van der Waals surface area contributed by atoms with Crippen LogP contribution >= 0.6 is 0 Å². The van der Waals surface area contributed by atoms with Crippen molar-refractivity contribution in [3.8, 4) is 11.5 Å². The smallest absolute Gasteiger partial charge is 0.129 e. The highest BCUT2D eigenvalue weighted by Crippen LogP contribution is 2.56. The molecule has 1 spiro atoms. The van der Waals surface area contributed by atoms with E-state index in [4.69, 9.17) is 9.47 Å². The molecule has 1 aliphatic heterocycles. The molecule has 1 N–H and O–H groups in total. The van der Waals surface area contributed by atoms with Crippen LogP contribution in [0.25, 0.3) is 0 Å². The highest BCUT2D eigenvalue weighted by Gasteiger charge is 2.53. The predicted molar refractivity (Wildman–Crippen MR) is 78.1 cm³/mol. The minimum Gasteiger partial charge on any atom is -0.497 e. The van der Waals surface area contributed by atoms with Crippen molar-refractivity contribution in [2.24, 2.45) is 11.3 Å². The van der Waals surface area contributed by atoms with Crippen LogP contribution in [0.4, 0.5) is 0 Å². The van der Waals surface area contributed by atoms with Crippen molar-refractivity contribution in [1.82, 2.24) is 0 Å². The Morgan fingerprint density at radius 2 is 2.05 bits per heavy atom. The third-order valence-corrected chi connectivity index (χ3v) is 4.97. The van der Waals surface area contributed by atoms with Crippen LogP contribution < -0.4 is 9.47 Å². The molecule has 3 rings (SSSR count). The molecule has 0 saturated heterocycles. The second kappa shape index (κ2) is 4.39. The quantitative estimate of drug-likeness (QED) is 0.850. The van der Waals surface area contributed by atoms with Crippen molar-refractivity contribution >= 4 is 0 Å². The van der Waals surface area contributed by atoms with E-state index >= 15 is 0 Å². The van der Waals surface area contributed by atoms with Crippen molar-refractivity contribution in [3.05, 3.63) is 23.8 Å². The van der Waals surface area contributed by atoms with Gasteiger partial charge < -0.3 is 14.6 Å². The summed E-state index contributed by atoms with van der Waals surface area (Å²) in [6.07, 6.45) is 2.38. The Labute approximate surface area is 120 Å². The number of methoxy groups -OCH3 is 1. The molecule has 110 valence electrons. The third-order valence-electron chi connectivity index (χ3n) is 4.97. The first-order chi connectivity index (χ1) is 9.35. The Hall–Kier alpha value is -1.22. The molecule has 1 fully saturated rings. The Kier molecular flexibility index (Phi) is 3.02. The van der Waals surface area contributed by atoms with Crippen LogP contribution in [0.5, 0.6) is 11.5 Å². The van der Waals surface area contributed by atoms with Gasteiger partial charge in [0.05, 0.1) is 13.2 Å². The number of rotatable bonds is 1. The van der Waals surface area contributed by atoms with E-state index in [-0.39, 0.29) is 11.0 Å². The van der Waals surface area contributed by atoms with E-state index in [1.54, 1.807) is 7.11 Å². The van der Waals surface area contributed by atoms with E-state index < -0.39 is 6.10 Å². The second-order valence-electron chi connectivity index (χ2n) is 7.24. The number of aliphatic hydroxyl groups excluding tert-OH is 1. The SMILES string of the molecule is COc1ccc2c(c1)OC1(C[C@H]2O)CC(C)(C)CC1C. The van der Waals surface area contributed by atoms with Gasteiger partial charge in [-0.05, 0) is 36.3 Å². The summed E-state index contributed by atoms with van der Waals surface area (Å²) in [6, 6.07) is 5.69. The fraction of sp³-hybridized carbons (Fsp3) is 0.647. The van der Waals surface area contributed by atoms with Crippen LogP contribution in [-0.4, -0.2) is 17.8 Å². The molecule has 20 heavy (non-hydrogen) atoms. The monoisotopic (exact) mass is 276 g/mol. The van der Waals surface area contributed by atoms with E-state index in [1.807, 2.05) is 18.2 Å². The summed E-state index contributed by atoms with van der Waals surface area (Å²) in [5.74, 6) is 2.01. The van der Waals surface area contributed by atoms with Crippen LogP contribution in [-0.2, 0) is 0 Å². The lowest BCUT2D eigenvalue weighted by Crippen LogP contribution is -2.43. The number of hydrogen-bond donors (Lipinski definition) is 1. The fourth-order valence-corrected chi connectivity index (χ4v) is 4.18. The summed E-state index contributed by atoms with van der Waals surface area (Å²) < 4.78 is 11.7. The Morgan fingerprint density at radius 1 is 1.30 bits per heavy atom. The van der Waals surface area contributed by atoms with Crippen LogP contribution in [0.1, 0.15) is 51.7 Å². The highest BCUT2D eigenvalue weighted by atomic mass is 16.5. The zero-order valence-electron chi connectivity index (χ0n) is 12.8. The molecule has 3 heteroatoms. The van der Waals surface area contributed by atoms with E-state index in [2.05, 4.69) is 20.8 Å². The first kappa shape index (κ1) is 13.7. The molecule has 0 radical (unpaired) electrons. The van der Waals surface area contributed by atoms with Crippen LogP contribution in [0.3, 0.4) is 0 Å². The number of aliphatic hydroxyl groups is 1. The van der Waals surface area contributed by atoms with Gasteiger partial charge in [0.2, 0.25) is 0 Å². The van der Waals surface area contributed by atoms with Crippen molar-refractivity contribution in [2.45, 2.75) is 51.7 Å². The van der Waals surface area contributed by atoms with Crippen LogP contribution in [0.15, 0.2) is 18.2 Å². The van der Waals surface area contributed by atoms with E-state index in [9.17, 15) is 5.11 Å². The molecule has 1 saturated carbocycles. The molecule has 0 aromatic heterocycles. The van der Waals surface area contributed by atoms with Crippen molar-refractivity contribution in [3.63, 3.8) is 0 Å². The summed E-state index contributed by atoms with van der Waals surface area (Å²) >= 11 is 0. The molecule has 1 heterocycles. The normalized spacial score (nSPS) is 34.6. The number of benzene rings is 1. The molecular formula is C17H24O3. The summed E-state index contributed by atoms with van der Waals surface area (Å²) in [5.41, 5.74) is 0.922. The summed E-state index contributed by atoms with van der Waals surface area (Å²) in [7, 11) is 1.65. The molecule has 0 bridgehead atoms. The molecule has 3 nitrogen and oxygen atoms in total. The number of fused-ring (bicyclic) bond motifs is 1. The van der Waals surface area contributed by atoms with Gasteiger partial charge in [0.15, 0.2) is 0 Å². The van der Waals surface area contributed by atoms with Crippen molar-refractivity contribution in [1.29, 1.82) is 0 Å². The topological polar surface area (TPSA) is 38.7 Å². The van der Waals surface area contributed by atoms with Gasteiger partial charge in [-0.2, -0.15) is 0 Å². The zero-order chi connectivity index (χ0) is 14.5. The minimum atomic E-state index is -0.444. The zero-order valence-corrected chi connectivity index (χ0v) is 12.8. The maximum atomic E-state index is 10.5. The summed E-state index contributed by atoms with van der Waals surface area (Å²) in [4.78, 5) is 0. The van der Waals surface area contributed by atoms with Gasteiger partial charge in [0, 0.05) is 18.1 Å². The van der Waals surface area contributed by atoms with Gasteiger partial charge in [-0.25, -0.2) is 0 Å². The largest absolute Gasteiger partial charge is 0.497 e. The fourth-order valence-electron chi connectivity index (χ4n) is 4.18. The van der Waals surface area contributed by atoms with Gasteiger partial charge in [-0.1, -0.05) is 20.8 Å². The number of hydrogen-bond acceptors (Lipinski definition) is 3. The standard InChI is InChI=1S/C17H24O3/c1-11-8-16(2,3)10-17(11)9-14(18)13-6-5-12(19-4)7-15(13)20-17/h5-7,11,14,18H,8-10H2,1-4H3/t11?,14-,17?/m1/s1. The first-order valence-electron chi connectivity index (χ1n) is 7.40. The number of ether oxygens (including phenoxy) is 2. The van der Waals surface area contributed by atoms with Crippen LogP contribution in [0, 0.1) is 11.3 Å². The third kappa shape index (κ3) is 2.08. The summed E-state index contributed by atoms with van der Waals surface area (Å²) in [6.45, 7) is 6.82. The van der Waals surface area contributed by atoms with Gasteiger partial charge in [0.25, 0.3) is 0 Å². The molecule has 2 unspecified atom stereocenters. The van der Waals surface area contributed by atoms with E-state index in [1.165, 1.54) is 0 Å². The van der Waals surface area contributed by atoms with Gasteiger partial charge in [-0.3, -0.25) is 0 Å². The highest BCUT2D eigenvalue weighted by molar-refractivity contribution is 5.44. The molecular weight excluding hydrogens is 252 g/mol. The lowest BCUT2D eigenvalue weighted by atomic mass is 9.81. The Bertz CT molecular complexity index is 523. The lowest BCUT2D eigenvalue weighted by Gasteiger charge is -2.41. The first-order valence-corrected chi connectivity index (χ1v) is 7.40. The Morgan fingerprint density at radius 3 is 2.65 bits per heavy atom. The van der Waals surface area contributed by atoms with Crippen molar-refractivity contribution in [2.75, 3.05) is 7.11 Å². The molecule has 1 aliphatic carbocycles. The molecule has 0 amide bonds. The average molecular weight is 276 g/mol. The molecule has 1 aromatic carbocycles. The van der Waals surface area contributed by atoms with Gasteiger partial charge >= 0.3 is 0 Å². The maximum Gasteiger partial charge on any atom is 0.129 e. The predicted octanol–water partition coefficient (Wildman–Crippen LogP) is 3.71. The average Bonchev–Trinajstić information content (AvgIpc) is 2.57. The van der Waals surface area contributed by atoms with E-state index in [0.717, 1.165) is 29.9 Å². The molecule has 1 aromatic rings. The van der Waals surface area contributed by atoms with Gasteiger partial charge in [-0.15, -0.1) is 0 Å². The van der Waals surface area contributed by atoms with Gasteiger partial charge in [0.1, 0.15) is 17.1 Å². The minimum absolute atomic E-state index is 0.234. The second-order valence-corrected chi connectivity index (χ2v) is 7.24. The molecule has 2 aliphatic rings. The molecule has 3 atom stereocenters. The lowest BCUT2D eigenvalue weighted by molar-refractivity contribution is -0.0393.